The molecule has 0 radical (unpaired) electrons. The number of ether oxygens (including phenoxy) is 2. The summed E-state index contributed by atoms with van der Waals surface area (Å²) >= 11 is 6.23. The number of nitrogens with zero attached hydrogens (tertiary/aromatic N) is 1. The minimum Gasteiger partial charge on any atom is -0.491 e. The molecule has 5 nitrogen and oxygen atoms in total. The maximum Gasteiger partial charge on any atom is 0.410 e. The van der Waals surface area contributed by atoms with E-state index in [-0.39, 0.29) is 6.61 Å². The van der Waals surface area contributed by atoms with E-state index in [0.29, 0.717) is 23.9 Å². The van der Waals surface area contributed by atoms with E-state index in [1.54, 1.807) is 13.1 Å². The van der Waals surface area contributed by atoms with Gasteiger partial charge in [-0.3, -0.25) is 0 Å². The van der Waals surface area contributed by atoms with Gasteiger partial charge in [-0.1, -0.05) is 11.6 Å². The molecule has 2 rings (SSSR count). The highest BCUT2D eigenvalue weighted by Crippen LogP contribution is 2.38. The Kier molecular flexibility index (Phi) is 4.87. The molecule has 0 saturated carbocycles. The number of hydrogen-bond donors (Lipinski definition) is 1. The quantitative estimate of drug-likeness (QED) is 0.926. The van der Waals surface area contributed by atoms with Crippen molar-refractivity contribution in [3.63, 3.8) is 0 Å². The Balaban J connectivity index is 2.23. The first kappa shape index (κ1) is 16.9. The zero-order valence-electron chi connectivity index (χ0n) is 13.4. The SMILES string of the molecule is CN(Cc1cc(Cl)c2c(c1CO)CCO2)C(=O)OC(C)(C)C. The second kappa shape index (κ2) is 6.34. The molecule has 0 unspecified atom stereocenters. The number of amides is 1. The number of halogens is 1. The zero-order valence-corrected chi connectivity index (χ0v) is 14.2. The fraction of sp³-hybridized carbons (Fsp3) is 0.562. The van der Waals surface area contributed by atoms with Crippen LogP contribution in [0, 0.1) is 0 Å². The van der Waals surface area contributed by atoms with E-state index in [0.717, 1.165) is 23.1 Å². The Hall–Kier alpha value is -1.46. The van der Waals surface area contributed by atoms with Crippen molar-refractivity contribution in [1.29, 1.82) is 0 Å². The summed E-state index contributed by atoms with van der Waals surface area (Å²) in [5.41, 5.74) is 1.98. The standard InChI is InChI=1S/C16H22ClNO4/c1-16(2,3)22-15(20)18(4)8-10-7-13(17)14-11(5-6-21-14)12(10)9-19/h7,19H,5-6,8-9H2,1-4H3. The predicted octanol–water partition coefficient (Wildman–Crippen LogP) is 3.13. The Morgan fingerprint density at radius 3 is 2.77 bits per heavy atom. The van der Waals surface area contributed by atoms with E-state index < -0.39 is 11.7 Å². The molecular formula is C16H22ClNO4. The molecule has 0 atom stereocenters. The predicted molar refractivity (Wildman–Crippen MR) is 84.3 cm³/mol. The van der Waals surface area contributed by atoms with Crippen LogP contribution in [0.2, 0.25) is 5.02 Å². The maximum atomic E-state index is 12.1. The molecule has 1 aromatic carbocycles. The number of aliphatic hydroxyl groups excluding tert-OH is 1. The van der Waals surface area contributed by atoms with E-state index >= 15 is 0 Å². The van der Waals surface area contributed by atoms with E-state index in [1.807, 2.05) is 20.8 Å². The van der Waals surface area contributed by atoms with Crippen LogP contribution in [-0.4, -0.2) is 35.4 Å². The number of aliphatic hydroxyl groups is 1. The van der Waals surface area contributed by atoms with Gasteiger partial charge in [0.15, 0.2) is 0 Å². The van der Waals surface area contributed by atoms with Crippen LogP contribution < -0.4 is 4.74 Å². The van der Waals surface area contributed by atoms with Gasteiger partial charge in [0.1, 0.15) is 11.4 Å². The second-order valence-corrected chi connectivity index (χ2v) is 6.80. The Morgan fingerprint density at radius 2 is 2.18 bits per heavy atom. The summed E-state index contributed by atoms with van der Waals surface area (Å²) in [6.45, 7) is 6.23. The topological polar surface area (TPSA) is 59.0 Å². The summed E-state index contributed by atoms with van der Waals surface area (Å²) in [4.78, 5) is 13.5. The summed E-state index contributed by atoms with van der Waals surface area (Å²) < 4.78 is 10.8. The van der Waals surface area contributed by atoms with Crippen molar-refractivity contribution in [2.24, 2.45) is 0 Å². The van der Waals surface area contributed by atoms with Crippen LogP contribution in [-0.2, 0) is 24.3 Å². The molecule has 0 spiro atoms. The Bertz CT molecular complexity index is 580. The fourth-order valence-electron chi connectivity index (χ4n) is 2.45. The lowest BCUT2D eigenvalue weighted by Crippen LogP contribution is -2.34. The smallest absolute Gasteiger partial charge is 0.410 e. The lowest BCUT2D eigenvalue weighted by atomic mass is 9.99. The Labute approximate surface area is 135 Å². The van der Waals surface area contributed by atoms with E-state index in [9.17, 15) is 9.90 Å². The van der Waals surface area contributed by atoms with Crippen LogP contribution in [0.4, 0.5) is 4.79 Å². The summed E-state index contributed by atoms with van der Waals surface area (Å²) in [5, 5.41) is 10.2. The number of hydrogen-bond acceptors (Lipinski definition) is 4. The molecule has 1 aliphatic heterocycles. The molecular weight excluding hydrogens is 306 g/mol. The number of carbonyl (C=O) groups is 1. The first-order valence-electron chi connectivity index (χ1n) is 7.24. The van der Waals surface area contributed by atoms with Crippen molar-refractivity contribution in [2.45, 2.75) is 45.9 Å². The van der Waals surface area contributed by atoms with Gasteiger partial charge in [0.25, 0.3) is 0 Å². The van der Waals surface area contributed by atoms with E-state index in [2.05, 4.69) is 0 Å². The average Bonchev–Trinajstić information content (AvgIpc) is 2.86. The lowest BCUT2D eigenvalue weighted by Gasteiger charge is -2.25. The zero-order chi connectivity index (χ0) is 16.5. The molecule has 0 fully saturated rings. The third-order valence-corrected chi connectivity index (χ3v) is 3.69. The molecule has 0 aromatic heterocycles. The van der Waals surface area contributed by atoms with Gasteiger partial charge in [-0.05, 0) is 38.0 Å². The van der Waals surface area contributed by atoms with Crippen LogP contribution >= 0.6 is 11.6 Å². The van der Waals surface area contributed by atoms with Crippen molar-refractivity contribution < 1.29 is 19.4 Å². The minimum atomic E-state index is -0.547. The third kappa shape index (κ3) is 3.65. The molecule has 1 N–H and O–H groups in total. The van der Waals surface area contributed by atoms with Gasteiger partial charge in [-0.15, -0.1) is 0 Å². The average molecular weight is 328 g/mol. The lowest BCUT2D eigenvalue weighted by molar-refractivity contribution is 0.0284. The van der Waals surface area contributed by atoms with Crippen molar-refractivity contribution in [2.75, 3.05) is 13.7 Å². The first-order valence-corrected chi connectivity index (χ1v) is 7.61. The summed E-state index contributed by atoms with van der Waals surface area (Å²) in [7, 11) is 1.66. The van der Waals surface area contributed by atoms with Crippen LogP contribution in [0.5, 0.6) is 5.75 Å². The highest BCUT2D eigenvalue weighted by atomic mass is 35.5. The molecule has 122 valence electrons. The molecule has 0 bridgehead atoms. The maximum absolute atomic E-state index is 12.1. The highest BCUT2D eigenvalue weighted by molar-refractivity contribution is 6.32. The molecule has 22 heavy (non-hydrogen) atoms. The molecule has 0 saturated heterocycles. The van der Waals surface area contributed by atoms with Crippen molar-refractivity contribution in [3.8, 4) is 5.75 Å². The molecule has 6 heteroatoms. The molecule has 1 aromatic rings. The largest absolute Gasteiger partial charge is 0.491 e. The number of fused-ring (bicyclic) bond motifs is 1. The normalized spacial score (nSPS) is 13.5. The second-order valence-electron chi connectivity index (χ2n) is 6.40. The summed E-state index contributed by atoms with van der Waals surface area (Å²) in [6, 6.07) is 1.75. The fourth-order valence-corrected chi connectivity index (χ4v) is 2.75. The monoisotopic (exact) mass is 327 g/mol. The molecule has 1 aliphatic rings. The molecule has 1 amide bonds. The van der Waals surface area contributed by atoms with Crippen LogP contribution in [0.3, 0.4) is 0 Å². The number of carbonyl (C=O) groups excluding carboxylic acids is 1. The van der Waals surface area contributed by atoms with Gasteiger partial charge in [-0.2, -0.15) is 0 Å². The van der Waals surface area contributed by atoms with Crippen LogP contribution in [0.1, 0.15) is 37.5 Å². The van der Waals surface area contributed by atoms with Crippen molar-refractivity contribution in [1.82, 2.24) is 4.90 Å². The van der Waals surface area contributed by atoms with Gasteiger partial charge in [0, 0.05) is 25.6 Å². The van der Waals surface area contributed by atoms with Crippen LogP contribution in [0.15, 0.2) is 6.07 Å². The minimum absolute atomic E-state index is 0.111. The first-order chi connectivity index (χ1) is 10.2. The highest BCUT2D eigenvalue weighted by Gasteiger charge is 2.25. The molecule has 0 aliphatic carbocycles. The van der Waals surface area contributed by atoms with E-state index in [4.69, 9.17) is 21.1 Å². The van der Waals surface area contributed by atoms with Crippen molar-refractivity contribution >= 4 is 17.7 Å². The van der Waals surface area contributed by atoms with E-state index in [1.165, 1.54) is 4.90 Å². The third-order valence-electron chi connectivity index (χ3n) is 3.41. The number of rotatable bonds is 3. The van der Waals surface area contributed by atoms with Gasteiger partial charge >= 0.3 is 6.09 Å². The van der Waals surface area contributed by atoms with Crippen molar-refractivity contribution in [3.05, 3.63) is 27.8 Å². The summed E-state index contributed by atoms with van der Waals surface area (Å²) in [6.07, 6.45) is 0.304. The van der Waals surface area contributed by atoms with Gasteiger partial charge in [-0.25, -0.2) is 4.79 Å². The van der Waals surface area contributed by atoms with Gasteiger partial charge < -0.3 is 19.5 Å². The Morgan fingerprint density at radius 1 is 1.50 bits per heavy atom. The number of benzene rings is 1. The van der Waals surface area contributed by atoms with Gasteiger partial charge in [0.05, 0.1) is 18.2 Å². The van der Waals surface area contributed by atoms with Gasteiger partial charge in [0.2, 0.25) is 0 Å². The van der Waals surface area contributed by atoms with Crippen LogP contribution in [0.25, 0.3) is 0 Å². The molecule has 1 heterocycles. The summed E-state index contributed by atoms with van der Waals surface area (Å²) in [5.74, 6) is 0.648.